The molecular weight excluding hydrogens is 359 g/mol. The molecule has 3 aromatic rings. The molecule has 0 unspecified atom stereocenters. The van der Waals surface area contributed by atoms with Gasteiger partial charge in [0, 0.05) is 45.0 Å². The Hall–Kier alpha value is -3.00. The summed E-state index contributed by atoms with van der Waals surface area (Å²) >= 11 is 0. The monoisotopic (exact) mass is 382 g/mol. The average molecular weight is 382 g/mol. The molecule has 0 bridgehead atoms. The van der Waals surface area contributed by atoms with Crippen molar-refractivity contribution in [3.63, 3.8) is 0 Å². The van der Waals surface area contributed by atoms with E-state index in [2.05, 4.69) is 24.9 Å². The van der Waals surface area contributed by atoms with E-state index in [1.165, 1.54) is 7.11 Å². The molecule has 0 aliphatic carbocycles. The molecule has 4 rings (SSSR count). The summed E-state index contributed by atoms with van der Waals surface area (Å²) in [6.45, 7) is 6.14. The van der Waals surface area contributed by atoms with Crippen LogP contribution in [0.15, 0.2) is 42.9 Å². The van der Waals surface area contributed by atoms with E-state index >= 15 is 0 Å². The number of nitrogens with zero attached hydrogens (tertiary/aromatic N) is 6. The largest absolute Gasteiger partial charge is 0.494 e. The lowest BCUT2D eigenvalue weighted by Crippen LogP contribution is -2.46. The molecule has 1 saturated heterocycles. The van der Waals surface area contributed by atoms with Crippen molar-refractivity contribution in [1.29, 1.82) is 0 Å². The molecule has 0 spiro atoms. The van der Waals surface area contributed by atoms with Gasteiger partial charge in [0.2, 0.25) is 0 Å². The molecule has 1 fully saturated rings. The fraction of sp³-hybridized carbons (Fsp3) is 0.350. The average Bonchev–Trinajstić information content (AvgIpc) is 3.15. The first kappa shape index (κ1) is 18.4. The predicted molar refractivity (Wildman–Crippen MR) is 104 cm³/mol. The van der Waals surface area contributed by atoms with Gasteiger partial charge in [-0.1, -0.05) is 6.07 Å². The van der Waals surface area contributed by atoms with Crippen LogP contribution in [0.5, 0.6) is 5.75 Å². The summed E-state index contributed by atoms with van der Waals surface area (Å²) in [7, 11) is 1.48. The number of benzene rings is 1. The van der Waals surface area contributed by atoms with Gasteiger partial charge in [-0.15, -0.1) is 0 Å². The van der Waals surface area contributed by atoms with E-state index in [-0.39, 0.29) is 11.6 Å². The molecule has 146 valence electrons. The molecule has 0 amide bonds. The van der Waals surface area contributed by atoms with Crippen LogP contribution in [0.1, 0.15) is 11.3 Å². The number of ether oxygens (including phenoxy) is 1. The lowest BCUT2D eigenvalue weighted by atomic mass is 10.2. The maximum atomic E-state index is 13.9. The molecule has 0 radical (unpaired) electrons. The normalized spacial score (nSPS) is 15.0. The van der Waals surface area contributed by atoms with Crippen LogP contribution in [0, 0.1) is 12.7 Å². The summed E-state index contributed by atoms with van der Waals surface area (Å²) in [5.41, 5.74) is 1.90. The van der Waals surface area contributed by atoms with Gasteiger partial charge in [0.05, 0.1) is 12.8 Å². The summed E-state index contributed by atoms with van der Waals surface area (Å²) in [5.74, 6) is 1.61. The summed E-state index contributed by atoms with van der Waals surface area (Å²) in [6, 6.07) is 9.05. The van der Waals surface area contributed by atoms with Crippen molar-refractivity contribution in [2.24, 2.45) is 0 Å². The summed E-state index contributed by atoms with van der Waals surface area (Å²) in [4.78, 5) is 13.3. The second-order valence-electron chi connectivity index (χ2n) is 6.87. The number of anilines is 1. The molecule has 1 aliphatic heterocycles. The van der Waals surface area contributed by atoms with Crippen LogP contribution in [0.3, 0.4) is 0 Å². The molecule has 0 N–H and O–H groups in total. The minimum Gasteiger partial charge on any atom is -0.494 e. The first-order valence-corrected chi connectivity index (χ1v) is 9.27. The van der Waals surface area contributed by atoms with Crippen LogP contribution in [-0.2, 0) is 6.54 Å². The molecule has 7 nitrogen and oxygen atoms in total. The third-order valence-corrected chi connectivity index (χ3v) is 4.91. The lowest BCUT2D eigenvalue weighted by Gasteiger charge is -2.35. The zero-order chi connectivity index (χ0) is 19.5. The van der Waals surface area contributed by atoms with E-state index in [0.717, 1.165) is 55.6 Å². The minimum atomic E-state index is -0.319. The van der Waals surface area contributed by atoms with Crippen molar-refractivity contribution in [3.05, 3.63) is 59.9 Å². The van der Waals surface area contributed by atoms with E-state index in [4.69, 9.17) is 4.74 Å². The van der Waals surface area contributed by atoms with Gasteiger partial charge in [0.1, 0.15) is 12.1 Å². The first-order chi connectivity index (χ1) is 13.6. The van der Waals surface area contributed by atoms with Gasteiger partial charge in [-0.25, -0.2) is 19.0 Å². The van der Waals surface area contributed by atoms with Gasteiger partial charge < -0.3 is 9.64 Å². The molecule has 0 atom stereocenters. The number of methoxy groups -OCH3 is 1. The molecule has 1 aliphatic rings. The minimum absolute atomic E-state index is 0.278. The molecule has 8 heteroatoms. The smallest absolute Gasteiger partial charge is 0.165 e. The third-order valence-electron chi connectivity index (χ3n) is 4.91. The topological polar surface area (TPSA) is 59.3 Å². The van der Waals surface area contributed by atoms with E-state index in [9.17, 15) is 4.39 Å². The highest BCUT2D eigenvalue weighted by Gasteiger charge is 2.19. The number of hydrogen-bond donors (Lipinski definition) is 0. The van der Waals surface area contributed by atoms with Gasteiger partial charge >= 0.3 is 0 Å². The van der Waals surface area contributed by atoms with Gasteiger partial charge in [-0.2, -0.15) is 5.10 Å². The maximum absolute atomic E-state index is 13.9. The number of piperazine rings is 1. The van der Waals surface area contributed by atoms with Crippen LogP contribution in [0.2, 0.25) is 0 Å². The van der Waals surface area contributed by atoms with Crippen LogP contribution >= 0.6 is 0 Å². The van der Waals surface area contributed by atoms with Crippen LogP contribution in [-0.4, -0.2) is 57.9 Å². The van der Waals surface area contributed by atoms with Gasteiger partial charge in [0.25, 0.3) is 0 Å². The van der Waals surface area contributed by atoms with Crippen molar-refractivity contribution in [2.75, 3.05) is 38.2 Å². The highest BCUT2D eigenvalue weighted by Crippen LogP contribution is 2.20. The number of halogens is 1. The van der Waals surface area contributed by atoms with Gasteiger partial charge in [-0.05, 0) is 30.7 Å². The second kappa shape index (κ2) is 7.93. The summed E-state index contributed by atoms with van der Waals surface area (Å²) in [5, 5.41) is 4.41. The molecule has 2 aromatic heterocycles. The van der Waals surface area contributed by atoms with Crippen molar-refractivity contribution < 1.29 is 9.13 Å². The van der Waals surface area contributed by atoms with E-state index in [0.29, 0.717) is 0 Å². The van der Waals surface area contributed by atoms with E-state index < -0.39 is 0 Å². The standard InChI is InChI=1S/C20H23FN6O/c1-15-5-6-27(24-15)20-12-19(22-14-23-20)26-9-7-25(8-10-26)13-16-3-4-18(28-2)17(21)11-16/h3-6,11-12,14H,7-10,13H2,1-2H3. The van der Waals surface area contributed by atoms with Crippen LogP contribution in [0.25, 0.3) is 5.82 Å². The Labute approximate surface area is 163 Å². The van der Waals surface area contributed by atoms with Crippen molar-refractivity contribution in [3.8, 4) is 11.6 Å². The fourth-order valence-corrected chi connectivity index (χ4v) is 3.38. The molecule has 1 aromatic carbocycles. The third kappa shape index (κ3) is 3.96. The Kier molecular flexibility index (Phi) is 5.21. The van der Waals surface area contributed by atoms with Gasteiger partial charge in [-0.3, -0.25) is 4.90 Å². The Bertz CT molecular complexity index is 951. The zero-order valence-electron chi connectivity index (χ0n) is 16.0. The highest BCUT2D eigenvalue weighted by molar-refractivity contribution is 5.43. The quantitative estimate of drug-likeness (QED) is 0.676. The molecule has 28 heavy (non-hydrogen) atoms. The number of hydrogen-bond acceptors (Lipinski definition) is 6. The highest BCUT2D eigenvalue weighted by atomic mass is 19.1. The molecule has 3 heterocycles. The van der Waals surface area contributed by atoms with Gasteiger partial charge in [0.15, 0.2) is 17.4 Å². The second-order valence-corrected chi connectivity index (χ2v) is 6.87. The predicted octanol–water partition coefficient (Wildman–Crippen LogP) is 2.44. The van der Waals surface area contributed by atoms with Crippen molar-refractivity contribution in [2.45, 2.75) is 13.5 Å². The fourth-order valence-electron chi connectivity index (χ4n) is 3.38. The Morgan fingerprint density at radius 3 is 2.50 bits per heavy atom. The molecular formula is C20H23FN6O. The Morgan fingerprint density at radius 1 is 1.04 bits per heavy atom. The Morgan fingerprint density at radius 2 is 1.82 bits per heavy atom. The number of aromatic nitrogens is 4. The Balaban J connectivity index is 1.38. The maximum Gasteiger partial charge on any atom is 0.165 e. The number of rotatable bonds is 5. The van der Waals surface area contributed by atoms with Crippen molar-refractivity contribution >= 4 is 5.82 Å². The first-order valence-electron chi connectivity index (χ1n) is 9.27. The van der Waals surface area contributed by atoms with Crippen LogP contribution < -0.4 is 9.64 Å². The number of aryl methyl sites for hydroxylation is 1. The van der Waals surface area contributed by atoms with E-state index in [1.54, 1.807) is 23.1 Å². The van der Waals surface area contributed by atoms with Crippen molar-refractivity contribution in [1.82, 2.24) is 24.6 Å². The summed E-state index contributed by atoms with van der Waals surface area (Å²) in [6.07, 6.45) is 3.47. The SMILES string of the molecule is COc1ccc(CN2CCN(c3cc(-n4ccc(C)n4)ncn3)CC2)cc1F. The zero-order valence-corrected chi connectivity index (χ0v) is 16.0. The van der Waals surface area contributed by atoms with E-state index in [1.807, 2.05) is 31.3 Å². The molecule has 0 saturated carbocycles. The van der Waals surface area contributed by atoms with Crippen LogP contribution in [0.4, 0.5) is 10.2 Å². The summed E-state index contributed by atoms with van der Waals surface area (Å²) < 4.78 is 20.6. The lowest BCUT2D eigenvalue weighted by molar-refractivity contribution is 0.249.